The first-order valence-corrected chi connectivity index (χ1v) is 9.84. The van der Waals surface area contributed by atoms with Gasteiger partial charge in [-0.1, -0.05) is 13.8 Å². The monoisotopic (exact) mass is 386 g/mol. The van der Waals surface area contributed by atoms with Crippen LogP contribution in [0.15, 0.2) is 29.2 Å². The van der Waals surface area contributed by atoms with E-state index < -0.39 is 34.0 Å². The summed E-state index contributed by atoms with van der Waals surface area (Å²) in [6.45, 7) is 5.24. The fraction of sp³-hybridized carbons (Fsp3) is 0.529. The van der Waals surface area contributed by atoms with E-state index in [2.05, 4.69) is 5.32 Å². The van der Waals surface area contributed by atoms with Gasteiger partial charge in [-0.25, -0.2) is 13.2 Å². The van der Waals surface area contributed by atoms with Crippen molar-refractivity contribution in [1.82, 2.24) is 9.62 Å². The van der Waals surface area contributed by atoms with Crippen LogP contribution in [0.1, 0.15) is 44.0 Å². The van der Waals surface area contributed by atoms with E-state index >= 15 is 0 Å². The van der Waals surface area contributed by atoms with Gasteiger partial charge in [-0.15, -0.1) is 0 Å². The predicted octanol–water partition coefficient (Wildman–Crippen LogP) is 1.06. The Labute approximate surface area is 153 Å². The smallest absolute Gasteiger partial charge is 0.337 e. The predicted molar refractivity (Wildman–Crippen MR) is 96.4 cm³/mol. The van der Waals surface area contributed by atoms with Gasteiger partial charge in [-0.3, -0.25) is 4.79 Å². The number of amides is 1. The number of carbonyl (C=O) groups is 2. The molecule has 0 fully saturated rings. The number of carbonyl (C=O) groups excluding carboxylic acids is 1. The van der Waals surface area contributed by atoms with E-state index in [1.54, 1.807) is 0 Å². The lowest BCUT2D eigenvalue weighted by molar-refractivity contribution is -0.155. The molecule has 3 N–H and O–H groups in total. The first-order chi connectivity index (χ1) is 12.1. The highest BCUT2D eigenvalue weighted by Crippen LogP contribution is 2.17. The summed E-state index contributed by atoms with van der Waals surface area (Å²) in [6, 6.07) is 5.40. The maximum absolute atomic E-state index is 12.7. The van der Waals surface area contributed by atoms with Crippen LogP contribution < -0.4 is 5.32 Å². The van der Waals surface area contributed by atoms with Crippen LogP contribution in [-0.4, -0.2) is 60.0 Å². The molecule has 1 aromatic rings. The normalized spacial score (nSPS) is 14.0. The summed E-state index contributed by atoms with van der Waals surface area (Å²) in [7, 11) is -3.63. The van der Waals surface area contributed by atoms with Gasteiger partial charge < -0.3 is 15.5 Å². The van der Waals surface area contributed by atoms with Crippen molar-refractivity contribution in [2.45, 2.75) is 44.1 Å². The number of nitrogens with one attached hydrogen (secondary N) is 1. The first-order valence-electron chi connectivity index (χ1n) is 8.40. The number of hydrogen-bond donors (Lipinski definition) is 3. The molecule has 0 bridgehead atoms. The van der Waals surface area contributed by atoms with Crippen LogP contribution in [0.2, 0.25) is 0 Å². The van der Waals surface area contributed by atoms with Gasteiger partial charge in [0.25, 0.3) is 5.91 Å². The first kappa shape index (κ1) is 22.1. The molecule has 0 aliphatic rings. The molecule has 0 saturated heterocycles. The fourth-order valence-electron chi connectivity index (χ4n) is 2.21. The molecule has 146 valence electrons. The Balaban J connectivity index is 2.90. The Morgan fingerprint density at radius 3 is 2.04 bits per heavy atom. The van der Waals surface area contributed by atoms with E-state index in [1.807, 2.05) is 13.8 Å². The zero-order chi connectivity index (χ0) is 20.0. The van der Waals surface area contributed by atoms with E-state index in [0.717, 1.165) is 6.92 Å². The van der Waals surface area contributed by atoms with Gasteiger partial charge in [0.2, 0.25) is 10.0 Å². The van der Waals surface area contributed by atoms with Crippen molar-refractivity contribution in [3.8, 4) is 0 Å². The average molecular weight is 386 g/mol. The second-order valence-corrected chi connectivity index (χ2v) is 8.13. The van der Waals surface area contributed by atoms with E-state index in [0.29, 0.717) is 25.9 Å². The molecule has 0 radical (unpaired) electrons. The zero-order valence-electron chi connectivity index (χ0n) is 15.2. The number of hydrogen-bond acceptors (Lipinski definition) is 5. The number of aliphatic hydroxyl groups is 1. The molecule has 0 aliphatic carbocycles. The SMILES string of the molecule is CCCN(CCC)S(=O)(=O)c1ccc(C(=O)NCC(C)(O)C(=O)O)cc1. The highest BCUT2D eigenvalue weighted by atomic mass is 32.2. The molecule has 26 heavy (non-hydrogen) atoms. The van der Waals surface area contributed by atoms with Crippen molar-refractivity contribution in [2.24, 2.45) is 0 Å². The largest absolute Gasteiger partial charge is 0.479 e. The molecule has 0 heterocycles. The summed E-state index contributed by atoms with van der Waals surface area (Å²) >= 11 is 0. The molecule has 1 unspecified atom stereocenters. The summed E-state index contributed by atoms with van der Waals surface area (Å²) in [5.41, 5.74) is -1.91. The fourth-order valence-corrected chi connectivity index (χ4v) is 3.83. The molecule has 0 spiro atoms. The topological polar surface area (TPSA) is 124 Å². The van der Waals surface area contributed by atoms with Gasteiger partial charge in [-0.2, -0.15) is 4.31 Å². The number of nitrogens with zero attached hydrogens (tertiary/aromatic N) is 1. The van der Waals surface area contributed by atoms with Gasteiger partial charge >= 0.3 is 5.97 Å². The van der Waals surface area contributed by atoms with Crippen LogP contribution in [0.5, 0.6) is 0 Å². The molecule has 1 atom stereocenters. The Morgan fingerprint density at radius 1 is 1.12 bits per heavy atom. The second kappa shape index (κ2) is 9.11. The maximum atomic E-state index is 12.7. The van der Waals surface area contributed by atoms with Crippen molar-refractivity contribution in [1.29, 1.82) is 0 Å². The van der Waals surface area contributed by atoms with E-state index in [9.17, 15) is 23.1 Å². The molecule has 1 rings (SSSR count). The van der Waals surface area contributed by atoms with Crippen molar-refractivity contribution < 1.29 is 28.2 Å². The minimum Gasteiger partial charge on any atom is -0.479 e. The van der Waals surface area contributed by atoms with Crippen LogP contribution in [0.4, 0.5) is 0 Å². The molecule has 8 nitrogen and oxygen atoms in total. The highest BCUT2D eigenvalue weighted by molar-refractivity contribution is 7.89. The summed E-state index contributed by atoms with van der Waals surface area (Å²) in [6.07, 6.45) is 1.40. The van der Waals surface area contributed by atoms with Gasteiger partial charge in [-0.05, 0) is 44.0 Å². The van der Waals surface area contributed by atoms with Crippen molar-refractivity contribution >= 4 is 21.9 Å². The molecular formula is C17H26N2O6S. The molecule has 1 amide bonds. The lowest BCUT2D eigenvalue weighted by Crippen LogP contribution is -2.46. The Kier molecular flexibility index (Phi) is 7.73. The molecule has 1 aromatic carbocycles. The van der Waals surface area contributed by atoms with Crippen LogP contribution in [0.3, 0.4) is 0 Å². The molecule has 0 aliphatic heterocycles. The van der Waals surface area contributed by atoms with Crippen molar-refractivity contribution in [3.63, 3.8) is 0 Å². The summed E-state index contributed by atoms with van der Waals surface area (Å²) in [5.74, 6) is -2.05. The van der Waals surface area contributed by atoms with Crippen LogP contribution in [0, 0.1) is 0 Å². The molecular weight excluding hydrogens is 360 g/mol. The lowest BCUT2D eigenvalue weighted by Gasteiger charge is -2.21. The van der Waals surface area contributed by atoms with Gasteiger partial charge in [0, 0.05) is 18.7 Å². The standard InChI is InChI=1S/C17H26N2O6S/c1-4-10-19(11-5-2)26(24,25)14-8-6-13(7-9-14)15(20)18-12-17(3,23)16(21)22/h6-9,23H,4-5,10-12H2,1-3H3,(H,18,20)(H,21,22). The third kappa shape index (κ3) is 5.52. The number of benzene rings is 1. The molecule has 0 saturated carbocycles. The minimum absolute atomic E-state index is 0.0912. The summed E-state index contributed by atoms with van der Waals surface area (Å²) in [5, 5.41) is 20.7. The number of carboxylic acids is 1. The van der Waals surface area contributed by atoms with Crippen molar-refractivity contribution in [3.05, 3.63) is 29.8 Å². The zero-order valence-corrected chi connectivity index (χ0v) is 16.0. The highest BCUT2D eigenvalue weighted by Gasteiger charge is 2.30. The molecule has 9 heteroatoms. The van der Waals surface area contributed by atoms with Crippen LogP contribution >= 0.6 is 0 Å². The van der Waals surface area contributed by atoms with E-state index in [4.69, 9.17) is 5.11 Å². The molecule has 0 aromatic heterocycles. The van der Waals surface area contributed by atoms with Gasteiger partial charge in [0.15, 0.2) is 5.60 Å². The Morgan fingerprint density at radius 2 is 1.62 bits per heavy atom. The Bertz CT molecular complexity index is 722. The average Bonchev–Trinajstić information content (AvgIpc) is 2.59. The lowest BCUT2D eigenvalue weighted by atomic mass is 10.1. The number of sulfonamides is 1. The van der Waals surface area contributed by atoms with Gasteiger partial charge in [0.1, 0.15) is 0 Å². The van der Waals surface area contributed by atoms with E-state index in [1.165, 1.54) is 28.6 Å². The minimum atomic E-state index is -3.63. The third-order valence-corrected chi connectivity index (χ3v) is 5.67. The maximum Gasteiger partial charge on any atom is 0.337 e. The third-order valence-electron chi connectivity index (χ3n) is 3.75. The quantitative estimate of drug-likeness (QED) is 0.552. The number of rotatable bonds is 10. The summed E-state index contributed by atoms with van der Waals surface area (Å²) < 4.78 is 26.7. The van der Waals surface area contributed by atoms with E-state index in [-0.39, 0.29) is 10.5 Å². The number of aliphatic carboxylic acids is 1. The van der Waals surface area contributed by atoms with Crippen LogP contribution in [0.25, 0.3) is 0 Å². The second-order valence-electron chi connectivity index (χ2n) is 6.19. The Hall–Kier alpha value is -1.97. The van der Waals surface area contributed by atoms with Gasteiger partial charge in [0.05, 0.1) is 11.4 Å². The van der Waals surface area contributed by atoms with Crippen LogP contribution in [-0.2, 0) is 14.8 Å². The summed E-state index contributed by atoms with van der Waals surface area (Å²) in [4.78, 5) is 23.0. The van der Waals surface area contributed by atoms with Crippen molar-refractivity contribution in [2.75, 3.05) is 19.6 Å². The number of carboxylic acid groups (broad SMARTS) is 1.